The molecule has 0 aliphatic heterocycles. The number of pyridine rings is 1. The summed E-state index contributed by atoms with van der Waals surface area (Å²) in [5.41, 5.74) is -0.550. The fourth-order valence-corrected chi connectivity index (χ4v) is 6.32. The van der Waals surface area contributed by atoms with Crippen LogP contribution < -0.4 is 26.8 Å². The molecule has 0 saturated heterocycles. The van der Waals surface area contributed by atoms with Gasteiger partial charge in [0.1, 0.15) is 24.0 Å². The lowest BCUT2D eigenvalue weighted by Gasteiger charge is -2.39. The maximum absolute atomic E-state index is 13.2. The fraction of sp³-hybridized carbons (Fsp3) is 0.571. The van der Waals surface area contributed by atoms with Crippen LogP contribution in [0.2, 0.25) is 0 Å². The molecule has 0 spiro atoms. The zero-order valence-corrected chi connectivity index (χ0v) is 24.5. The number of hydrogen-bond acceptors (Lipinski definition) is 8. The third-order valence-electron chi connectivity index (χ3n) is 9.43. The Kier molecular flexibility index (Phi) is 8.64. The number of aromatic nitrogens is 4. The van der Waals surface area contributed by atoms with E-state index in [0.29, 0.717) is 5.92 Å². The molecular weight excluding hydrogens is 544 g/mol. The number of fused-ring (bicyclic) bond motifs is 2. The largest absolute Gasteiger partial charge is 0.353 e. The molecule has 2 saturated carbocycles. The molecule has 2 unspecified atom stereocenters. The second-order valence-corrected chi connectivity index (χ2v) is 11.9. The Morgan fingerprint density at radius 2 is 1.90 bits per heavy atom. The zero-order chi connectivity index (χ0) is 30.8. The van der Waals surface area contributed by atoms with E-state index in [1.165, 1.54) is 47.9 Å². The minimum atomic E-state index is -1.28. The number of amides is 4. The average molecular weight is 583 g/mol. The summed E-state index contributed by atoms with van der Waals surface area (Å²) >= 11 is 0. The van der Waals surface area contributed by atoms with Gasteiger partial charge in [-0.1, -0.05) is 26.0 Å². The third kappa shape index (κ3) is 5.83. The number of carbonyl (C=O) groups excluding carboxylic acids is 5. The quantitative estimate of drug-likeness (QED) is 0.269. The molecule has 4 amide bonds. The molecule has 0 radical (unpaired) electrons. The van der Waals surface area contributed by atoms with Gasteiger partial charge in [-0.25, -0.2) is 4.68 Å². The van der Waals surface area contributed by atoms with E-state index < -0.39 is 35.1 Å². The van der Waals surface area contributed by atoms with Crippen LogP contribution in [0.3, 0.4) is 0 Å². The van der Waals surface area contributed by atoms with E-state index in [1.807, 2.05) is 0 Å². The van der Waals surface area contributed by atoms with E-state index in [4.69, 9.17) is 0 Å². The minimum absolute atomic E-state index is 0.0156. The second-order valence-electron chi connectivity index (χ2n) is 11.9. The minimum Gasteiger partial charge on any atom is -0.353 e. The number of rotatable bonds is 11. The molecule has 4 rings (SSSR count). The van der Waals surface area contributed by atoms with E-state index in [2.05, 4.69) is 52.4 Å². The van der Waals surface area contributed by atoms with Gasteiger partial charge in [0.05, 0.1) is 6.20 Å². The molecule has 0 aromatic carbocycles. The summed E-state index contributed by atoms with van der Waals surface area (Å²) < 4.78 is 2.41. The summed E-state index contributed by atoms with van der Waals surface area (Å²) in [7, 11) is 2.80. The Bertz CT molecular complexity index is 1460. The molecule has 2 bridgehead atoms. The lowest BCUT2D eigenvalue weighted by atomic mass is 9.69. The highest BCUT2D eigenvalue weighted by Crippen LogP contribution is 2.65. The molecule has 4 N–H and O–H groups in total. The van der Waals surface area contributed by atoms with E-state index in [0.717, 1.165) is 19.3 Å². The number of likely N-dealkylation sites (N-methyl/N-ethyl adjacent to an activating group) is 1. The molecular formula is C28H38N8O6. The van der Waals surface area contributed by atoms with Gasteiger partial charge in [-0.05, 0) is 54.6 Å². The highest BCUT2D eigenvalue weighted by Gasteiger charge is 2.61. The number of ketones is 1. The van der Waals surface area contributed by atoms with Crippen LogP contribution in [0.15, 0.2) is 29.3 Å². The van der Waals surface area contributed by atoms with E-state index in [9.17, 15) is 28.8 Å². The molecule has 2 aromatic heterocycles. The molecule has 14 nitrogen and oxygen atoms in total. The van der Waals surface area contributed by atoms with Crippen LogP contribution >= 0.6 is 0 Å². The van der Waals surface area contributed by atoms with E-state index >= 15 is 0 Å². The van der Waals surface area contributed by atoms with Crippen LogP contribution in [0.25, 0.3) is 0 Å². The van der Waals surface area contributed by atoms with E-state index in [1.54, 1.807) is 0 Å². The predicted octanol–water partition coefficient (Wildman–Crippen LogP) is 0.140. The summed E-state index contributed by atoms with van der Waals surface area (Å²) in [5, 5.41) is 17.7. The van der Waals surface area contributed by atoms with Crippen molar-refractivity contribution in [2.45, 2.75) is 71.5 Å². The monoisotopic (exact) mass is 582 g/mol. The maximum Gasteiger partial charge on any atom is 0.287 e. The number of nitrogens with zero attached hydrogens (tertiary/aromatic N) is 4. The molecule has 4 atom stereocenters. The first-order chi connectivity index (χ1) is 19.8. The van der Waals surface area contributed by atoms with Crippen LogP contribution in [-0.2, 0) is 32.8 Å². The smallest absolute Gasteiger partial charge is 0.287 e. The number of anilines is 1. The van der Waals surface area contributed by atoms with Gasteiger partial charge in [0, 0.05) is 32.8 Å². The summed E-state index contributed by atoms with van der Waals surface area (Å²) in [6.45, 7) is 6.50. The summed E-state index contributed by atoms with van der Waals surface area (Å²) in [4.78, 5) is 75.9. The van der Waals surface area contributed by atoms with Gasteiger partial charge in [0.25, 0.3) is 17.4 Å². The molecule has 2 fully saturated rings. The molecule has 14 heteroatoms. The van der Waals surface area contributed by atoms with Crippen LogP contribution in [0.4, 0.5) is 5.69 Å². The van der Waals surface area contributed by atoms with Gasteiger partial charge in [0.2, 0.25) is 17.6 Å². The molecule has 2 aromatic rings. The Balaban J connectivity index is 1.45. The highest BCUT2D eigenvalue weighted by atomic mass is 16.2. The first kappa shape index (κ1) is 30.6. The number of nitrogens with one attached hydrogen (secondary N) is 4. The first-order valence-electron chi connectivity index (χ1n) is 14.0. The van der Waals surface area contributed by atoms with Crippen molar-refractivity contribution in [3.63, 3.8) is 0 Å². The fourth-order valence-electron chi connectivity index (χ4n) is 6.32. The van der Waals surface area contributed by atoms with Crippen LogP contribution in [0.5, 0.6) is 0 Å². The molecule has 226 valence electrons. The van der Waals surface area contributed by atoms with Crippen LogP contribution in [-0.4, -0.2) is 68.1 Å². The van der Waals surface area contributed by atoms with Gasteiger partial charge in [-0.3, -0.25) is 28.8 Å². The number of Topliss-reactive ketones (excluding diaryl/α,β-unsaturated/α-hetero) is 1. The van der Waals surface area contributed by atoms with Gasteiger partial charge >= 0.3 is 0 Å². The van der Waals surface area contributed by atoms with Crippen molar-refractivity contribution in [1.82, 2.24) is 35.5 Å². The lowest BCUT2D eigenvalue weighted by molar-refractivity contribution is -0.137. The van der Waals surface area contributed by atoms with Crippen molar-refractivity contribution in [3.05, 3.63) is 40.6 Å². The maximum atomic E-state index is 13.2. The zero-order valence-electron chi connectivity index (χ0n) is 24.5. The number of hydrogen-bond donors (Lipinski definition) is 4. The number of carbonyl (C=O) groups is 5. The molecule has 2 heterocycles. The van der Waals surface area contributed by atoms with Crippen LogP contribution in [0, 0.1) is 16.7 Å². The van der Waals surface area contributed by atoms with Crippen molar-refractivity contribution in [2.24, 2.45) is 23.8 Å². The van der Waals surface area contributed by atoms with Crippen molar-refractivity contribution in [1.29, 1.82) is 0 Å². The Morgan fingerprint density at radius 1 is 1.17 bits per heavy atom. The SMILES string of the molecule is CNC(=O)C(=O)CC[C@H](NC(=O)c1cnnn1C)C(=O)Nc1cccn(CC(=O)NC2CC3CC[C@]2(C)C3(C)C)c1=O. The molecule has 2 aliphatic rings. The predicted molar refractivity (Wildman–Crippen MR) is 151 cm³/mol. The Labute approximate surface area is 243 Å². The van der Waals surface area contributed by atoms with Crippen molar-refractivity contribution >= 4 is 35.1 Å². The Morgan fingerprint density at radius 3 is 2.50 bits per heavy atom. The molecule has 2 aliphatic carbocycles. The van der Waals surface area contributed by atoms with Crippen molar-refractivity contribution < 1.29 is 24.0 Å². The van der Waals surface area contributed by atoms with Gasteiger partial charge in [-0.15, -0.1) is 5.10 Å². The Hall–Kier alpha value is -4.36. The average Bonchev–Trinajstić information content (AvgIpc) is 3.53. The third-order valence-corrected chi connectivity index (χ3v) is 9.43. The van der Waals surface area contributed by atoms with Crippen molar-refractivity contribution in [2.75, 3.05) is 12.4 Å². The summed E-state index contributed by atoms with van der Waals surface area (Å²) in [5.74, 6) is -2.81. The van der Waals surface area contributed by atoms with Gasteiger partial charge in [-0.2, -0.15) is 0 Å². The first-order valence-corrected chi connectivity index (χ1v) is 14.0. The second kappa shape index (κ2) is 11.9. The normalized spacial score (nSPS) is 22.7. The standard InChI is InChI=1S/C28H38N8O6/c1-27(2)16-10-11-28(27,3)21(13-16)33-22(38)15-36-12-6-7-18(26(36)42)32-23(39)17(8-9-20(37)25(41)29-4)31-24(40)19-14-30-34-35(19)5/h6-7,12,14,16-17,21H,8-11,13,15H2,1-5H3,(H,29,41)(H,31,40)(H,32,39)(H,33,38)/t16?,17-,21?,28-/m0/s1. The lowest BCUT2D eigenvalue weighted by Crippen LogP contribution is -2.48. The van der Waals surface area contributed by atoms with Gasteiger partial charge in [0.15, 0.2) is 0 Å². The molecule has 42 heavy (non-hydrogen) atoms. The number of aryl methyl sites for hydroxylation is 1. The highest BCUT2D eigenvalue weighted by molar-refractivity contribution is 6.36. The summed E-state index contributed by atoms with van der Waals surface area (Å²) in [6.07, 6.45) is 5.22. The topological polar surface area (TPSA) is 186 Å². The summed E-state index contributed by atoms with van der Waals surface area (Å²) in [6, 6.07) is 1.65. The van der Waals surface area contributed by atoms with Gasteiger partial charge < -0.3 is 25.8 Å². The van der Waals surface area contributed by atoms with Crippen molar-refractivity contribution in [3.8, 4) is 0 Å². The van der Waals surface area contributed by atoms with Crippen LogP contribution in [0.1, 0.15) is 63.4 Å². The van der Waals surface area contributed by atoms with E-state index in [-0.39, 0.29) is 53.5 Å².